The number of nitrogens with one attached hydrogen (secondary N) is 1. The molecule has 39 heavy (non-hydrogen) atoms. The average molecular weight is 514 g/mol. The van der Waals surface area contributed by atoms with Crippen molar-refractivity contribution in [1.29, 1.82) is 0 Å². The largest absolute Gasteiger partial charge is 0.378 e. The number of aromatic nitrogens is 4. The predicted octanol–water partition coefficient (Wildman–Crippen LogP) is 6.07. The Labute approximate surface area is 228 Å². The molecule has 6 nitrogen and oxygen atoms in total. The number of aryl methyl sites for hydroxylation is 2. The van der Waals surface area contributed by atoms with Crippen LogP contribution >= 0.6 is 0 Å². The van der Waals surface area contributed by atoms with Crippen molar-refractivity contribution in [3.8, 4) is 33.6 Å². The molecule has 0 saturated carbocycles. The van der Waals surface area contributed by atoms with E-state index in [0.717, 1.165) is 65.2 Å². The van der Waals surface area contributed by atoms with Gasteiger partial charge in [0.2, 0.25) is 0 Å². The molecule has 1 N–H and O–H groups in total. The lowest BCUT2D eigenvalue weighted by molar-refractivity contribution is -0.148. The maximum absolute atomic E-state index is 5.74. The van der Waals surface area contributed by atoms with Crippen LogP contribution in [-0.2, 0) is 17.6 Å². The zero-order valence-corrected chi connectivity index (χ0v) is 21.9. The Hall–Kier alpha value is -3.87. The summed E-state index contributed by atoms with van der Waals surface area (Å²) in [5.41, 5.74) is 10.3. The average Bonchev–Trinajstić information content (AvgIpc) is 3.32. The van der Waals surface area contributed by atoms with Gasteiger partial charge in [-0.1, -0.05) is 48.5 Å². The minimum Gasteiger partial charge on any atom is -0.378 e. The standard InChI is InChI=1S/C33H31N5O/c1-2-14-34-31(3-1)22-5-7-23(8-6-22)32-30-16-26(18-35-33(30)37-36-32)25-9-4-21-10-12-27(13-11-24(21)15-25)38-28-17-29(38)20-39-19-28/h1-9,14-16,18,27-29H,10-13,17,19-20H2,(H,35,36,37)/t27-,28?,29?/m0/s1. The van der Waals surface area contributed by atoms with Crippen LogP contribution in [0.5, 0.6) is 0 Å². The molecular weight excluding hydrogens is 482 g/mol. The van der Waals surface area contributed by atoms with E-state index < -0.39 is 0 Å². The highest BCUT2D eigenvalue weighted by Crippen LogP contribution is 2.38. The van der Waals surface area contributed by atoms with Gasteiger partial charge >= 0.3 is 0 Å². The Kier molecular flexibility index (Phi) is 5.56. The van der Waals surface area contributed by atoms with Crippen molar-refractivity contribution in [3.05, 3.63) is 90.3 Å². The van der Waals surface area contributed by atoms with Crippen molar-refractivity contribution in [3.63, 3.8) is 0 Å². The Bertz CT molecular complexity index is 1630. The van der Waals surface area contributed by atoms with Gasteiger partial charge in [0, 0.05) is 52.6 Å². The molecule has 2 unspecified atom stereocenters. The molecule has 1 aliphatic carbocycles. The lowest BCUT2D eigenvalue weighted by atomic mass is 9.87. The predicted molar refractivity (Wildman–Crippen MR) is 153 cm³/mol. The van der Waals surface area contributed by atoms with Crippen molar-refractivity contribution in [1.82, 2.24) is 25.1 Å². The maximum atomic E-state index is 5.74. The topological polar surface area (TPSA) is 66.9 Å². The Morgan fingerprint density at radius 3 is 2.33 bits per heavy atom. The number of hydrogen-bond donors (Lipinski definition) is 1. The van der Waals surface area contributed by atoms with E-state index in [4.69, 9.17) is 9.72 Å². The molecule has 5 heterocycles. The molecule has 3 aliphatic rings. The van der Waals surface area contributed by atoms with Gasteiger partial charge in [-0.05, 0) is 67.0 Å². The molecule has 2 aromatic carbocycles. The fourth-order valence-electron chi connectivity index (χ4n) is 6.95. The number of H-pyrrole nitrogens is 1. The lowest BCUT2D eigenvalue weighted by Gasteiger charge is -2.56. The second-order valence-electron chi connectivity index (χ2n) is 11.2. The highest BCUT2D eigenvalue weighted by molar-refractivity contribution is 5.93. The summed E-state index contributed by atoms with van der Waals surface area (Å²) < 4.78 is 5.74. The molecule has 0 radical (unpaired) electrons. The number of ether oxygens (including phenoxy) is 1. The van der Waals surface area contributed by atoms with Crippen molar-refractivity contribution < 1.29 is 4.74 Å². The Morgan fingerprint density at radius 2 is 1.54 bits per heavy atom. The molecule has 0 spiro atoms. The van der Waals surface area contributed by atoms with Crippen LogP contribution in [0, 0.1) is 0 Å². The molecule has 0 amide bonds. The maximum Gasteiger partial charge on any atom is 0.181 e. The van der Waals surface area contributed by atoms with Crippen LogP contribution in [0.25, 0.3) is 44.7 Å². The zero-order chi connectivity index (χ0) is 25.8. The van der Waals surface area contributed by atoms with Crippen LogP contribution in [0.15, 0.2) is 79.1 Å². The minimum absolute atomic E-state index is 0.652. The van der Waals surface area contributed by atoms with Gasteiger partial charge in [-0.15, -0.1) is 0 Å². The smallest absolute Gasteiger partial charge is 0.181 e. The number of hydrogen-bond acceptors (Lipinski definition) is 5. The van der Waals surface area contributed by atoms with E-state index in [2.05, 4.69) is 68.6 Å². The molecule has 194 valence electrons. The van der Waals surface area contributed by atoms with Crippen LogP contribution < -0.4 is 0 Å². The summed E-state index contributed by atoms with van der Waals surface area (Å²) in [7, 11) is 0. The summed E-state index contributed by atoms with van der Waals surface area (Å²) >= 11 is 0. The minimum atomic E-state index is 0.652. The summed E-state index contributed by atoms with van der Waals surface area (Å²) in [4.78, 5) is 12.0. The van der Waals surface area contributed by atoms with E-state index in [9.17, 15) is 0 Å². The second-order valence-corrected chi connectivity index (χ2v) is 11.2. The number of rotatable bonds is 4. The van der Waals surface area contributed by atoms with Gasteiger partial charge in [-0.2, -0.15) is 5.10 Å². The van der Waals surface area contributed by atoms with Gasteiger partial charge in [0.1, 0.15) is 0 Å². The first kappa shape index (κ1) is 23.1. The van der Waals surface area contributed by atoms with Crippen molar-refractivity contribution in [2.75, 3.05) is 13.2 Å². The normalized spacial score (nSPS) is 22.7. The molecule has 3 aromatic heterocycles. The van der Waals surface area contributed by atoms with Crippen molar-refractivity contribution >= 4 is 11.0 Å². The molecule has 2 aliphatic heterocycles. The van der Waals surface area contributed by atoms with Gasteiger partial charge in [-0.3, -0.25) is 15.0 Å². The summed E-state index contributed by atoms with van der Waals surface area (Å²) in [5, 5.41) is 8.76. The van der Waals surface area contributed by atoms with Crippen molar-refractivity contribution in [2.45, 2.75) is 50.2 Å². The van der Waals surface area contributed by atoms with Crippen LogP contribution in [0.3, 0.4) is 0 Å². The summed E-state index contributed by atoms with van der Waals surface area (Å²) in [6, 6.07) is 25.7. The SMILES string of the molecule is c1ccc(-c2ccc(-c3[nH]nc4ncc(-c5ccc6c(c5)CC[C@@H](N5C7COCC5C7)CC6)cc34)cc2)nc1. The third-order valence-electron chi connectivity index (χ3n) is 9.01. The van der Waals surface area contributed by atoms with Crippen LogP contribution in [-0.4, -0.2) is 56.4 Å². The quantitative estimate of drug-likeness (QED) is 0.295. The van der Waals surface area contributed by atoms with Gasteiger partial charge in [-0.25, -0.2) is 4.98 Å². The molecule has 8 rings (SSSR count). The Morgan fingerprint density at radius 1 is 0.744 bits per heavy atom. The number of nitrogens with zero attached hydrogens (tertiary/aromatic N) is 4. The number of morpholine rings is 1. The highest BCUT2D eigenvalue weighted by Gasteiger charge is 2.45. The zero-order valence-electron chi connectivity index (χ0n) is 21.9. The third-order valence-corrected chi connectivity index (χ3v) is 9.01. The van der Waals surface area contributed by atoms with Crippen LogP contribution in [0.2, 0.25) is 0 Å². The monoisotopic (exact) mass is 513 g/mol. The first-order valence-corrected chi connectivity index (χ1v) is 14.1. The van der Waals surface area contributed by atoms with E-state index in [1.807, 2.05) is 30.6 Å². The van der Waals surface area contributed by atoms with Crippen LogP contribution in [0.4, 0.5) is 0 Å². The van der Waals surface area contributed by atoms with Gasteiger partial charge in [0.25, 0.3) is 0 Å². The summed E-state index contributed by atoms with van der Waals surface area (Å²) in [6.07, 6.45) is 9.90. The summed E-state index contributed by atoms with van der Waals surface area (Å²) in [6.45, 7) is 1.84. The number of fused-ring (bicyclic) bond motifs is 4. The fraction of sp³-hybridized carbons (Fsp3) is 0.303. The van der Waals surface area contributed by atoms with Crippen LogP contribution in [0.1, 0.15) is 30.4 Å². The molecular formula is C33H31N5O. The first-order chi connectivity index (χ1) is 19.3. The molecule has 2 fully saturated rings. The van der Waals surface area contributed by atoms with Gasteiger partial charge < -0.3 is 4.74 Å². The van der Waals surface area contributed by atoms with E-state index in [0.29, 0.717) is 18.1 Å². The van der Waals surface area contributed by atoms with E-state index in [1.165, 1.54) is 36.0 Å². The summed E-state index contributed by atoms with van der Waals surface area (Å²) in [5.74, 6) is 0. The Balaban J connectivity index is 1.06. The molecule has 5 aromatic rings. The number of pyridine rings is 2. The van der Waals surface area contributed by atoms with E-state index in [-0.39, 0.29) is 0 Å². The van der Waals surface area contributed by atoms with Gasteiger partial charge in [0.15, 0.2) is 5.65 Å². The van der Waals surface area contributed by atoms with Gasteiger partial charge in [0.05, 0.1) is 24.6 Å². The van der Waals surface area contributed by atoms with Crippen molar-refractivity contribution in [2.24, 2.45) is 0 Å². The van der Waals surface area contributed by atoms with E-state index >= 15 is 0 Å². The lowest BCUT2D eigenvalue weighted by Crippen LogP contribution is -2.66. The second kappa shape index (κ2) is 9.40. The first-order valence-electron chi connectivity index (χ1n) is 14.1. The van der Waals surface area contributed by atoms with E-state index in [1.54, 1.807) is 0 Å². The number of aromatic amines is 1. The third kappa shape index (κ3) is 4.06. The molecule has 2 bridgehead atoms. The molecule has 3 atom stereocenters. The highest BCUT2D eigenvalue weighted by atomic mass is 16.5. The molecule has 2 saturated heterocycles. The molecule has 6 heteroatoms. The number of benzene rings is 2. The fourth-order valence-corrected chi connectivity index (χ4v) is 6.95.